The highest BCUT2D eigenvalue weighted by atomic mass is 16.1. The largest absolute Gasteiger partial charge is 0.348 e. The maximum atomic E-state index is 13.1. The second-order valence-corrected chi connectivity index (χ2v) is 7.90. The van der Waals surface area contributed by atoms with Crippen molar-refractivity contribution in [3.8, 4) is 11.4 Å². The molecule has 0 atom stereocenters. The summed E-state index contributed by atoms with van der Waals surface area (Å²) in [6.45, 7) is 4.55. The van der Waals surface area contributed by atoms with Gasteiger partial charge in [0.1, 0.15) is 0 Å². The molecule has 0 bridgehead atoms. The molecule has 4 aromatic rings. The molecule has 1 aliphatic carbocycles. The lowest BCUT2D eigenvalue weighted by Crippen LogP contribution is -2.23. The lowest BCUT2D eigenvalue weighted by atomic mass is 10.1. The van der Waals surface area contributed by atoms with E-state index in [1.807, 2.05) is 35.0 Å². The summed E-state index contributed by atoms with van der Waals surface area (Å²) in [6, 6.07) is 9.82. The molecule has 30 heavy (non-hydrogen) atoms. The SMILES string of the molecule is CC(C)n1ncc2c(C(=O)NCc3ccc(-c4nn[nH]n4)cc3)cc(C3CC3)nc21. The third-order valence-corrected chi connectivity index (χ3v) is 5.33. The second-order valence-electron chi connectivity index (χ2n) is 7.90. The van der Waals surface area contributed by atoms with E-state index in [1.165, 1.54) is 0 Å². The first kappa shape index (κ1) is 18.4. The summed E-state index contributed by atoms with van der Waals surface area (Å²) in [6.07, 6.45) is 4.00. The minimum atomic E-state index is -0.116. The predicted octanol–water partition coefficient (Wildman–Crippen LogP) is 3.00. The molecule has 2 N–H and O–H groups in total. The van der Waals surface area contributed by atoms with Gasteiger partial charge >= 0.3 is 0 Å². The number of hydrogen-bond donors (Lipinski definition) is 2. The van der Waals surface area contributed by atoms with Crippen molar-refractivity contribution in [2.24, 2.45) is 0 Å². The fourth-order valence-corrected chi connectivity index (χ4v) is 3.52. The summed E-state index contributed by atoms with van der Waals surface area (Å²) in [7, 11) is 0. The number of aromatic amines is 1. The van der Waals surface area contributed by atoms with Gasteiger partial charge in [0.05, 0.1) is 17.1 Å². The normalized spacial score (nSPS) is 13.8. The molecule has 1 saturated carbocycles. The highest BCUT2D eigenvalue weighted by Crippen LogP contribution is 2.40. The Morgan fingerprint density at radius 1 is 1.27 bits per heavy atom. The Morgan fingerprint density at radius 3 is 2.73 bits per heavy atom. The molecule has 0 unspecified atom stereocenters. The highest BCUT2D eigenvalue weighted by Gasteiger charge is 2.28. The van der Waals surface area contributed by atoms with Gasteiger partial charge in [-0.1, -0.05) is 24.3 Å². The number of hydrogen-bond acceptors (Lipinski definition) is 6. The number of pyridine rings is 1. The second kappa shape index (κ2) is 7.33. The van der Waals surface area contributed by atoms with Crippen LogP contribution in [0.3, 0.4) is 0 Å². The van der Waals surface area contributed by atoms with Gasteiger partial charge in [-0.05, 0) is 43.5 Å². The van der Waals surface area contributed by atoms with Crippen LogP contribution in [0.15, 0.2) is 36.5 Å². The van der Waals surface area contributed by atoms with Gasteiger partial charge in [0.15, 0.2) is 5.65 Å². The molecule has 1 aromatic carbocycles. The first-order valence-electron chi connectivity index (χ1n) is 10.1. The quantitative estimate of drug-likeness (QED) is 0.512. The van der Waals surface area contributed by atoms with Crippen molar-refractivity contribution in [3.05, 3.63) is 53.3 Å². The number of carbonyl (C=O) groups is 1. The van der Waals surface area contributed by atoms with Gasteiger partial charge in [0.25, 0.3) is 5.91 Å². The first-order chi connectivity index (χ1) is 14.6. The van der Waals surface area contributed by atoms with Crippen molar-refractivity contribution < 1.29 is 4.79 Å². The summed E-state index contributed by atoms with van der Waals surface area (Å²) in [5, 5.41) is 22.2. The topological polar surface area (TPSA) is 114 Å². The number of carbonyl (C=O) groups excluding carboxylic acids is 1. The minimum absolute atomic E-state index is 0.116. The molecule has 0 radical (unpaired) electrons. The zero-order valence-electron chi connectivity index (χ0n) is 16.8. The maximum absolute atomic E-state index is 13.1. The van der Waals surface area contributed by atoms with Crippen LogP contribution in [0.4, 0.5) is 0 Å². The Balaban J connectivity index is 1.38. The number of H-pyrrole nitrogens is 1. The molecule has 0 spiro atoms. The van der Waals surface area contributed by atoms with Gasteiger partial charge in [0.2, 0.25) is 5.82 Å². The lowest BCUT2D eigenvalue weighted by molar-refractivity contribution is 0.0952. The van der Waals surface area contributed by atoms with Gasteiger partial charge < -0.3 is 5.32 Å². The fraction of sp³-hybridized carbons (Fsp3) is 0.333. The molecule has 9 heteroatoms. The molecule has 1 amide bonds. The van der Waals surface area contributed by atoms with Gasteiger partial charge in [-0.2, -0.15) is 10.3 Å². The number of nitrogens with one attached hydrogen (secondary N) is 2. The molecule has 0 aliphatic heterocycles. The van der Waals surface area contributed by atoms with E-state index < -0.39 is 0 Å². The van der Waals surface area contributed by atoms with E-state index in [0.717, 1.165) is 40.7 Å². The van der Waals surface area contributed by atoms with E-state index in [1.54, 1.807) is 6.20 Å². The Bertz CT molecular complexity index is 1190. The lowest BCUT2D eigenvalue weighted by Gasteiger charge is -2.11. The van der Waals surface area contributed by atoms with Gasteiger partial charge in [-0.3, -0.25) is 4.79 Å². The van der Waals surface area contributed by atoms with E-state index in [4.69, 9.17) is 4.98 Å². The molecule has 3 aromatic heterocycles. The molecule has 1 fully saturated rings. The van der Waals surface area contributed by atoms with Gasteiger partial charge in [-0.15, -0.1) is 10.2 Å². The van der Waals surface area contributed by atoms with Crippen LogP contribution in [0.25, 0.3) is 22.4 Å². The molecule has 3 heterocycles. The number of aromatic nitrogens is 7. The molecule has 152 valence electrons. The van der Waals surface area contributed by atoms with Crippen LogP contribution >= 0.6 is 0 Å². The van der Waals surface area contributed by atoms with Crippen LogP contribution < -0.4 is 5.32 Å². The third kappa shape index (κ3) is 3.42. The van der Waals surface area contributed by atoms with E-state index in [2.05, 4.69) is 44.9 Å². The maximum Gasteiger partial charge on any atom is 0.252 e. The van der Waals surface area contributed by atoms with E-state index in [-0.39, 0.29) is 11.9 Å². The van der Waals surface area contributed by atoms with Crippen LogP contribution in [0.2, 0.25) is 0 Å². The average Bonchev–Trinajstić information content (AvgIpc) is 3.28. The average molecular weight is 402 g/mol. The number of nitrogens with zero attached hydrogens (tertiary/aromatic N) is 6. The van der Waals surface area contributed by atoms with Crippen molar-refractivity contribution in [1.82, 2.24) is 40.7 Å². The zero-order valence-corrected chi connectivity index (χ0v) is 16.8. The fourth-order valence-electron chi connectivity index (χ4n) is 3.52. The number of tetrazole rings is 1. The number of rotatable bonds is 6. The molecule has 9 nitrogen and oxygen atoms in total. The van der Waals surface area contributed by atoms with E-state index >= 15 is 0 Å². The molecule has 1 aliphatic rings. The van der Waals surface area contributed by atoms with Gasteiger partial charge in [-0.25, -0.2) is 9.67 Å². The van der Waals surface area contributed by atoms with Crippen LogP contribution in [0.1, 0.15) is 60.3 Å². The molecule has 5 rings (SSSR count). The smallest absolute Gasteiger partial charge is 0.252 e. The summed E-state index contributed by atoms with van der Waals surface area (Å²) in [5.41, 5.74) is 4.26. The Hall–Kier alpha value is -3.62. The van der Waals surface area contributed by atoms with Crippen LogP contribution in [0.5, 0.6) is 0 Å². The van der Waals surface area contributed by atoms with Crippen molar-refractivity contribution >= 4 is 16.9 Å². The zero-order chi connectivity index (χ0) is 20.7. The Kier molecular flexibility index (Phi) is 4.50. The number of amides is 1. The summed E-state index contributed by atoms with van der Waals surface area (Å²) < 4.78 is 1.88. The van der Waals surface area contributed by atoms with Crippen LogP contribution in [0, 0.1) is 0 Å². The minimum Gasteiger partial charge on any atom is -0.348 e. The monoisotopic (exact) mass is 402 g/mol. The van der Waals surface area contributed by atoms with Crippen molar-refractivity contribution in [3.63, 3.8) is 0 Å². The van der Waals surface area contributed by atoms with Crippen LogP contribution in [-0.2, 0) is 6.54 Å². The van der Waals surface area contributed by atoms with Crippen LogP contribution in [-0.4, -0.2) is 41.3 Å². The third-order valence-electron chi connectivity index (χ3n) is 5.33. The van der Waals surface area contributed by atoms with E-state index in [9.17, 15) is 4.79 Å². The van der Waals surface area contributed by atoms with Crippen molar-refractivity contribution in [2.75, 3.05) is 0 Å². The van der Waals surface area contributed by atoms with Crippen molar-refractivity contribution in [1.29, 1.82) is 0 Å². The Morgan fingerprint density at radius 2 is 2.07 bits per heavy atom. The van der Waals surface area contributed by atoms with Gasteiger partial charge in [0, 0.05) is 29.8 Å². The highest BCUT2D eigenvalue weighted by molar-refractivity contribution is 6.05. The molecular weight excluding hydrogens is 380 g/mol. The standard InChI is InChI=1S/C21H22N8O/c1-12(2)29-20-17(11-23-29)16(9-18(24-20)14-7-8-14)21(30)22-10-13-3-5-15(6-4-13)19-25-27-28-26-19/h3-6,9,11-12,14H,7-8,10H2,1-2H3,(H,22,30)(H,25,26,27,28). The number of fused-ring (bicyclic) bond motifs is 1. The van der Waals surface area contributed by atoms with E-state index in [0.29, 0.717) is 23.9 Å². The summed E-state index contributed by atoms with van der Waals surface area (Å²) in [5.74, 6) is 0.878. The Labute approximate surface area is 172 Å². The molecular formula is C21H22N8O. The molecule has 0 saturated heterocycles. The summed E-state index contributed by atoms with van der Waals surface area (Å²) >= 11 is 0. The van der Waals surface area contributed by atoms with Crippen molar-refractivity contribution in [2.45, 2.75) is 45.2 Å². The summed E-state index contributed by atoms with van der Waals surface area (Å²) in [4.78, 5) is 17.9. The predicted molar refractivity (Wildman–Crippen MR) is 111 cm³/mol. The number of benzene rings is 1. The first-order valence-corrected chi connectivity index (χ1v) is 10.1.